The van der Waals surface area contributed by atoms with Crippen LogP contribution >= 0.6 is 0 Å². The SMILES string of the molecule is CC(C)CC(CN)(CC(C)C)N(C)CC1CCCCC1. The van der Waals surface area contributed by atoms with E-state index in [1.165, 1.54) is 51.5 Å². The topological polar surface area (TPSA) is 29.3 Å². The van der Waals surface area contributed by atoms with Crippen LogP contribution in [0.5, 0.6) is 0 Å². The van der Waals surface area contributed by atoms with E-state index >= 15 is 0 Å². The first kappa shape index (κ1) is 18.0. The van der Waals surface area contributed by atoms with Crippen LogP contribution in [0.3, 0.4) is 0 Å². The van der Waals surface area contributed by atoms with Gasteiger partial charge < -0.3 is 5.73 Å². The van der Waals surface area contributed by atoms with Gasteiger partial charge in [-0.05, 0) is 50.5 Å². The molecule has 0 amide bonds. The van der Waals surface area contributed by atoms with E-state index in [2.05, 4.69) is 39.6 Å². The highest BCUT2D eigenvalue weighted by atomic mass is 15.2. The molecule has 0 aromatic carbocycles. The van der Waals surface area contributed by atoms with E-state index in [4.69, 9.17) is 5.73 Å². The number of rotatable bonds is 8. The smallest absolute Gasteiger partial charge is 0.0333 e. The largest absolute Gasteiger partial charge is 0.329 e. The van der Waals surface area contributed by atoms with Crippen LogP contribution in [0.4, 0.5) is 0 Å². The van der Waals surface area contributed by atoms with E-state index in [1.807, 2.05) is 0 Å². The third-order valence-corrected chi connectivity index (χ3v) is 5.02. The van der Waals surface area contributed by atoms with E-state index in [0.29, 0.717) is 11.8 Å². The van der Waals surface area contributed by atoms with Crippen LogP contribution in [0.25, 0.3) is 0 Å². The van der Waals surface area contributed by atoms with Crippen LogP contribution in [0.15, 0.2) is 0 Å². The Morgan fingerprint density at radius 2 is 1.50 bits per heavy atom. The van der Waals surface area contributed by atoms with Crippen LogP contribution in [-0.4, -0.2) is 30.6 Å². The van der Waals surface area contributed by atoms with Gasteiger partial charge in [0.15, 0.2) is 0 Å². The number of nitrogens with two attached hydrogens (primary N) is 1. The molecule has 0 unspecified atom stereocenters. The average Bonchev–Trinajstić information content (AvgIpc) is 2.37. The van der Waals surface area contributed by atoms with E-state index in [-0.39, 0.29) is 5.54 Å². The second-order valence-electron chi connectivity index (χ2n) is 8.01. The van der Waals surface area contributed by atoms with Crippen molar-refractivity contribution in [1.82, 2.24) is 4.90 Å². The van der Waals surface area contributed by atoms with E-state index in [9.17, 15) is 0 Å². The molecule has 0 radical (unpaired) electrons. The maximum Gasteiger partial charge on any atom is 0.0333 e. The summed E-state index contributed by atoms with van der Waals surface area (Å²) in [4.78, 5) is 2.63. The fourth-order valence-electron chi connectivity index (χ4n) is 4.19. The Morgan fingerprint density at radius 3 is 1.90 bits per heavy atom. The van der Waals surface area contributed by atoms with Crippen molar-refractivity contribution in [2.24, 2.45) is 23.5 Å². The quantitative estimate of drug-likeness (QED) is 0.719. The fourth-order valence-corrected chi connectivity index (χ4v) is 4.19. The van der Waals surface area contributed by atoms with Gasteiger partial charge in [-0.25, -0.2) is 0 Å². The van der Waals surface area contributed by atoms with Gasteiger partial charge in [0.25, 0.3) is 0 Å². The summed E-state index contributed by atoms with van der Waals surface area (Å²) in [6, 6.07) is 0. The molecule has 0 aliphatic heterocycles. The Hall–Kier alpha value is -0.0800. The second-order valence-corrected chi connectivity index (χ2v) is 8.01. The predicted molar refractivity (Wildman–Crippen MR) is 89.9 cm³/mol. The van der Waals surface area contributed by atoms with Crippen LogP contribution in [0, 0.1) is 17.8 Å². The van der Waals surface area contributed by atoms with Crippen LogP contribution in [-0.2, 0) is 0 Å². The first-order valence-electron chi connectivity index (χ1n) is 8.81. The molecule has 1 fully saturated rings. The predicted octanol–water partition coefficient (Wildman–Crippen LogP) is 4.29. The van der Waals surface area contributed by atoms with E-state index < -0.39 is 0 Å². The van der Waals surface area contributed by atoms with Crippen molar-refractivity contribution in [1.29, 1.82) is 0 Å². The monoisotopic (exact) mass is 282 g/mol. The molecule has 0 saturated heterocycles. The fraction of sp³-hybridized carbons (Fsp3) is 1.00. The molecule has 0 bridgehead atoms. The van der Waals surface area contributed by atoms with Gasteiger partial charge in [-0.3, -0.25) is 4.90 Å². The first-order chi connectivity index (χ1) is 9.39. The summed E-state index contributed by atoms with van der Waals surface area (Å²) in [6.07, 6.45) is 9.61. The highest BCUT2D eigenvalue weighted by Crippen LogP contribution is 2.32. The third kappa shape index (κ3) is 5.37. The summed E-state index contributed by atoms with van der Waals surface area (Å²) in [6.45, 7) is 11.4. The molecule has 2 nitrogen and oxygen atoms in total. The summed E-state index contributed by atoms with van der Waals surface area (Å²) in [7, 11) is 2.33. The number of likely N-dealkylation sites (N-methyl/N-ethyl adjacent to an activating group) is 1. The lowest BCUT2D eigenvalue weighted by Gasteiger charge is -2.45. The lowest BCUT2D eigenvalue weighted by molar-refractivity contribution is 0.0573. The van der Waals surface area contributed by atoms with Gasteiger partial charge in [-0.15, -0.1) is 0 Å². The lowest BCUT2D eigenvalue weighted by Crippen LogP contribution is -2.55. The molecule has 0 atom stereocenters. The average molecular weight is 283 g/mol. The maximum absolute atomic E-state index is 6.27. The molecule has 1 saturated carbocycles. The molecule has 0 aromatic heterocycles. The highest BCUT2D eigenvalue weighted by molar-refractivity contribution is 4.93. The van der Waals surface area contributed by atoms with Crippen molar-refractivity contribution in [3.05, 3.63) is 0 Å². The standard InChI is InChI=1S/C18H38N2/c1-15(2)11-18(14-19,12-16(3)4)20(5)13-17-9-7-6-8-10-17/h15-17H,6-14,19H2,1-5H3. The van der Waals surface area contributed by atoms with Gasteiger partial charge >= 0.3 is 0 Å². The van der Waals surface area contributed by atoms with Gasteiger partial charge in [0.05, 0.1) is 0 Å². The summed E-state index contributed by atoms with van der Waals surface area (Å²) in [5, 5.41) is 0. The molecular formula is C18H38N2. The van der Waals surface area contributed by atoms with Crippen molar-refractivity contribution in [3.8, 4) is 0 Å². The molecule has 1 aliphatic carbocycles. The molecule has 20 heavy (non-hydrogen) atoms. The Morgan fingerprint density at radius 1 is 1.00 bits per heavy atom. The molecule has 0 spiro atoms. The summed E-state index contributed by atoms with van der Waals surface area (Å²) in [5.74, 6) is 2.33. The molecule has 2 heteroatoms. The maximum atomic E-state index is 6.27. The van der Waals surface area contributed by atoms with Crippen molar-refractivity contribution in [2.45, 2.75) is 78.2 Å². The molecule has 1 rings (SSSR count). The highest BCUT2D eigenvalue weighted by Gasteiger charge is 2.35. The van der Waals surface area contributed by atoms with Crippen molar-refractivity contribution < 1.29 is 0 Å². The number of hydrogen-bond donors (Lipinski definition) is 1. The minimum atomic E-state index is 0.208. The molecular weight excluding hydrogens is 244 g/mol. The lowest BCUT2D eigenvalue weighted by atomic mass is 9.79. The summed E-state index contributed by atoms with van der Waals surface area (Å²) >= 11 is 0. The van der Waals surface area contributed by atoms with Crippen LogP contribution < -0.4 is 5.73 Å². The molecule has 1 aliphatic rings. The van der Waals surface area contributed by atoms with E-state index in [1.54, 1.807) is 0 Å². The van der Waals surface area contributed by atoms with Crippen molar-refractivity contribution in [3.63, 3.8) is 0 Å². The zero-order valence-electron chi connectivity index (χ0n) is 14.6. The Balaban J connectivity index is 2.72. The molecule has 120 valence electrons. The van der Waals surface area contributed by atoms with Crippen LogP contribution in [0.2, 0.25) is 0 Å². The third-order valence-electron chi connectivity index (χ3n) is 5.02. The Kier molecular flexibility index (Phi) is 7.53. The van der Waals surface area contributed by atoms with Gasteiger partial charge in [-0.1, -0.05) is 47.0 Å². The Bertz CT molecular complexity index is 244. The zero-order valence-corrected chi connectivity index (χ0v) is 14.6. The summed E-state index contributed by atoms with van der Waals surface area (Å²) < 4.78 is 0. The minimum absolute atomic E-state index is 0.208. The Labute approximate surface area is 127 Å². The minimum Gasteiger partial charge on any atom is -0.329 e. The van der Waals surface area contributed by atoms with Gasteiger partial charge in [0.1, 0.15) is 0 Å². The normalized spacial score (nSPS) is 18.4. The van der Waals surface area contributed by atoms with Crippen molar-refractivity contribution in [2.75, 3.05) is 20.1 Å². The van der Waals surface area contributed by atoms with Crippen molar-refractivity contribution >= 4 is 0 Å². The molecule has 0 heterocycles. The van der Waals surface area contributed by atoms with Gasteiger partial charge in [-0.2, -0.15) is 0 Å². The van der Waals surface area contributed by atoms with E-state index in [0.717, 1.165) is 12.5 Å². The van der Waals surface area contributed by atoms with Crippen LogP contribution in [0.1, 0.15) is 72.6 Å². The van der Waals surface area contributed by atoms with Gasteiger partial charge in [0, 0.05) is 18.6 Å². The molecule has 0 aromatic rings. The number of nitrogens with zero attached hydrogens (tertiary/aromatic N) is 1. The second kappa shape index (κ2) is 8.38. The number of hydrogen-bond acceptors (Lipinski definition) is 2. The zero-order chi connectivity index (χ0) is 15.2. The van der Waals surface area contributed by atoms with Gasteiger partial charge in [0.2, 0.25) is 0 Å². The summed E-state index contributed by atoms with van der Waals surface area (Å²) in [5.41, 5.74) is 6.48. The first-order valence-corrected chi connectivity index (χ1v) is 8.81. The molecule has 2 N–H and O–H groups in total.